The van der Waals surface area contributed by atoms with E-state index in [1.807, 2.05) is 26.5 Å². The molecule has 0 N–H and O–H groups in total. The lowest BCUT2D eigenvalue weighted by Crippen LogP contribution is -2.49. The molecular weight excluding hydrogens is 352 g/mol. The Morgan fingerprint density at radius 2 is 2.16 bits per heavy atom. The number of piperazine rings is 1. The van der Waals surface area contributed by atoms with Gasteiger partial charge in [-0.2, -0.15) is 5.26 Å². The van der Waals surface area contributed by atoms with Crippen LogP contribution in [0.2, 0.25) is 0 Å². The number of nitriles is 1. The van der Waals surface area contributed by atoms with Crippen LogP contribution in [-0.2, 0) is 4.79 Å². The maximum atomic E-state index is 12.4. The number of unbranched alkanes of at least 4 members (excludes halogenated alkanes) is 1. The Hall–Kier alpha value is -1.39. The second kappa shape index (κ2) is 9.35. The fourth-order valence-electron chi connectivity index (χ4n) is 3.27. The molecule has 1 unspecified atom stereocenters. The highest BCUT2D eigenvalue weighted by Crippen LogP contribution is 2.39. The first-order valence-electron chi connectivity index (χ1n) is 8.94. The molecule has 3 rings (SSSR count). The van der Waals surface area contributed by atoms with E-state index in [0.29, 0.717) is 12.0 Å². The molecule has 1 amide bonds. The molecule has 5 nitrogen and oxygen atoms in total. The van der Waals surface area contributed by atoms with Gasteiger partial charge in [-0.05, 0) is 31.4 Å². The summed E-state index contributed by atoms with van der Waals surface area (Å²) in [4.78, 5) is 20.8. The molecule has 2 aliphatic heterocycles. The highest BCUT2D eigenvalue weighted by atomic mass is 33.1. The van der Waals surface area contributed by atoms with Crippen molar-refractivity contribution in [2.75, 3.05) is 36.8 Å². The van der Waals surface area contributed by atoms with Crippen molar-refractivity contribution >= 4 is 33.3 Å². The van der Waals surface area contributed by atoms with Crippen molar-refractivity contribution in [3.63, 3.8) is 0 Å². The van der Waals surface area contributed by atoms with Gasteiger partial charge in [0, 0.05) is 49.8 Å². The van der Waals surface area contributed by atoms with Crippen LogP contribution in [0.15, 0.2) is 18.3 Å². The van der Waals surface area contributed by atoms with Crippen molar-refractivity contribution in [1.29, 1.82) is 5.26 Å². The SMILES string of the molecule is N#Cc1cccnc1N1CCN(C(=O)CCCCC2CCSS2)CC1. The fraction of sp³-hybridized carbons (Fsp3) is 0.611. The van der Waals surface area contributed by atoms with Gasteiger partial charge >= 0.3 is 0 Å². The van der Waals surface area contributed by atoms with E-state index in [-0.39, 0.29) is 5.91 Å². The summed E-state index contributed by atoms with van der Waals surface area (Å²) < 4.78 is 0. The predicted octanol–water partition coefficient (Wildman–Crippen LogP) is 3.32. The summed E-state index contributed by atoms with van der Waals surface area (Å²) >= 11 is 0. The maximum Gasteiger partial charge on any atom is 0.222 e. The van der Waals surface area contributed by atoms with Crippen molar-refractivity contribution in [3.05, 3.63) is 23.9 Å². The normalized spacial score (nSPS) is 20.5. The molecule has 2 aliphatic rings. The second-order valence-electron chi connectivity index (χ2n) is 6.43. The van der Waals surface area contributed by atoms with E-state index < -0.39 is 0 Å². The van der Waals surface area contributed by atoms with E-state index in [1.54, 1.807) is 18.3 Å². The Kier molecular flexibility index (Phi) is 6.88. The molecule has 0 bridgehead atoms. The number of hydrogen-bond donors (Lipinski definition) is 0. The highest BCUT2D eigenvalue weighted by Gasteiger charge is 2.23. The van der Waals surface area contributed by atoms with Crippen LogP contribution >= 0.6 is 21.6 Å². The third-order valence-electron chi connectivity index (χ3n) is 4.73. The molecule has 7 heteroatoms. The number of pyridine rings is 1. The molecule has 0 aromatic carbocycles. The fourth-order valence-corrected chi connectivity index (χ4v) is 6.30. The van der Waals surface area contributed by atoms with Gasteiger partial charge in [-0.15, -0.1) is 0 Å². The third kappa shape index (κ3) is 5.05. The van der Waals surface area contributed by atoms with Gasteiger partial charge in [0.1, 0.15) is 11.9 Å². The first-order valence-corrected chi connectivity index (χ1v) is 11.3. The number of carbonyl (C=O) groups is 1. The zero-order chi connectivity index (χ0) is 17.5. The summed E-state index contributed by atoms with van der Waals surface area (Å²) in [6, 6.07) is 5.77. The molecule has 1 aromatic heterocycles. The standard InChI is InChI=1S/C18H24N4OS2/c19-14-15-4-3-8-20-18(15)22-11-9-21(10-12-22)17(23)6-2-1-5-16-7-13-24-25-16/h3-4,8,16H,1-2,5-7,9-13H2. The summed E-state index contributed by atoms with van der Waals surface area (Å²) in [6.45, 7) is 2.92. The van der Waals surface area contributed by atoms with Gasteiger partial charge in [-0.1, -0.05) is 28.0 Å². The van der Waals surface area contributed by atoms with E-state index in [2.05, 4.69) is 16.0 Å². The zero-order valence-electron chi connectivity index (χ0n) is 14.4. The van der Waals surface area contributed by atoms with Gasteiger partial charge in [0.05, 0.1) is 5.56 Å². The molecule has 25 heavy (non-hydrogen) atoms. The highest BCUT2D eigenvalue weighted by molar-refractivity contribution is 8.77. The molecular formula is C18H24N4OS2. The maximum absolute atomic E-state index is 12.4. The van der Waals surface area contributed by atoms with Gasteiger partial charge in [0.15, 0.2) is 0 Å². The van der Waals surface area contributed by atoms with Crippen LogP contribution in [-0.4, -0.2) is 53.0 Å². The molecule has 1 atom stereocenters. The molecule has 0 spiro atoms. The van der Waals surface area contributed by atoms with Gasteiger partial charge in [0.2, 0.25) is 5.91 Å². The van der Waals surface area contributed by atoms with Crippen LogP contribution in [0.25, 0.3) is 0 Å². The van der Waals surface area contributed by atoms with Crippen LogP contribution < -0.4 is 4.90 Å². The molecule has 3 heterocycles. The van der Waals surface area contributed by atoms with E-state index in [4.69, 9.17) is 0 Å². The Morgan fingerprint density at radius 3 is 2.88 bits per heavy atom. The van der Waals surface area contributed by atoms with Gasteiger partial charge in [0.25, 0.3) is 0 Å². The second-order valence-corrected chi connectivity index (χ2v) is 9.22. The number of rotatable bonds is 6. The number of carbonyl (C=O) groups excluding carboxylic acids is 1. The average Bonchev–Trinajstić information content (AvgIpc) is 3.18. The molecule has 1 aromatic rings. The molecule has 0 radical (unpaired) electrons. The number of amides is 1. The van der Waals surface area contributed by atoms with Crippen LogP contribution in [0.5, 0.6) is 0 Å². The van der Waals surface area contributed by atoms with Crippen LogP contribution in [0, 0.1) is 11.3 Å². The van der Waals surface area contributed by atoms with Crippen molar-refractivity contribution in [2.24, 2.45) is 0 Å². The molecule has 0 aliphatic carbocycles. The predicted molar refractivity (Wildman–Crippen MR) is 105 cm³/mol. The lowest BCUT2D eigenvalue weighted by Gasteiger charge is -2.35. The van der Waals surface area contributed by atoms with E-state index >= 15 is 0 Å². The van der Waals surface area contributed by atoms with Crippen molar-refractivity contribution in [3.8, 4) is 6.07 Å². The minimum Gasteiger partial charge on any atom is -0.352 e. The van der Waals surface area contributed by atoms with Crippen LogP contribution in [0.1, 0.15) is 37.7 Å². The molecule has 0 saturated carbocycles. The Morgan fingerprint density at radius 1 is 1.32 bits per heavy atom. The van der Waals surface area contributed by atoms with Crippen molar-refractivity contribution < 1.29 is 4.79 Å². The molecule has 134 valence electrons. The Bertz CT molecular complexity index is 620. The van der Waals surface area contributed by atoms with Crippen molar-refractivity contribution in [2.45, 2.75) is 37.4 Å². The summed E-state index contributed by atoms with van der Waals surface area (Å²) in [5.41, 5.74) is 0.602. The minimum absolute atomic E-state index is 0.273. The smallest absolute Gasteiger partial charge is 0.222 e. The molecule has 2 fully saturated rings. The Labute approximate surface area is 157 Å². The van der Waals surface area contributed by atoms with Gasteiger partial charge < -0.3 is 9.80 Å². The van der Waals surface area contributed by atoms with Crippen LogP contribution in [0.3, 0.4) is 0 Å². The molecule has 2 saturated heterocycles. The average molecular weight is 377 g/mol. The summed E-state index contributed by atoms with van der Waals surface area (Å²) in [6.07, 6.45) is 7.11. The summed E-state index contributed by atoms with van der Waals surface area (Å²) in [5, 5.41) is 10.0. The Balaban J connectivity index is 1.39. The topological polar surface area (TPSA) is 60.2 Å². The van der Waals surface area contributed by atoms with E-state index in [0.717, 1.165) is 50.1 Å². The number of aromatic nitrogens is 1. The zero-order valence-corrected chi connectivity index (χ0v) is 16.0. The summed E-state index contributed by atoms with van der Waals surface area (Å²) in [5.74, 6) is 2.29. The monoisotopic (exact) mass is 376 g/mol. The minimum atomic E-state index is 0.273. The van der Waals surface area contributed by atoms with E-state index in [9.17, 15) is 10.1 Å². The number of anilines is 1. The first-order chi connectivity index (χ1) is 12.3. The third-order valence-corrected chi connectivity index (χ3v) is 7.74. The lowest BCUT2D eigenvalue weighted by atomic mass is 10.1. The van der Waals surface area contributed by atoms with Crippen LogP contribution in [0.4, 0.5) is 5.82 Å². The number of nitrogens with zero attached hydrogens (tertiary/aromatic N) is 4. The summed E-state index contributed by atoms with van der Waals surface area (Å²) in [7, 11) is 4.00. The van der Waals surface area contributed by atoms with Gasteiger partial charge in [-0.3, -0.25) is 4.79 Å². The first kappa shape index (κ1) is 18.4. The van der Waals surface area contributed by atoms with Crippen molar-refractivity contribution in [1.82, 2.24) is 9.88 Å². The quantitative estimate of drug-likeness (QED) is 0.561. The lowest BCUT2D eigenvalue weighted by molar-refractivity contribution is -0.131. The van der Waals surface area contributed by atoms with Gasteiger partial charge in [-0.25, -0.2) is 4.98 Å². The largest absolute Gasteiger partial charge is 0.352 e. The number of hydrogen-bond acceptors (Lipinski definition) is 6. The van der Waals surface area contributed by atoms with E-state index in [1.165, 1.54) is 18.6 Å².